The SMILES string of the molecule is C[C@@H](NC(=O)c1nc(-c2ccccc2)nn1C)c1ncon1. The predicted octanol–water partition coefficient (Wildman–Crippen LogP) is 1.36. The number of carbonyl (C=O) groups excluding carboxylic acids is 1. The largest absolute Gasteiger partial charge is 0.343 e. The number of hydrogen-bond donors (Lipinski definition) is 1. The second-order valence-electron chi connectivity index (χ2n) is 4.73. The average molecular weight is 298 g/mol. The number of aryl methyl sites for hydroxylation is 1. The van der Waals surface area contributed by atoms with E-state index in [2.05, 4.69) is 30.1 Å². The van der Waals surface area contributed by atoms with E-state index in [0.29, 0.717) is 11.6 Å². The lowest BCUT2D eigenvalue weighted by Gasteiger charge is -2.08. The van der Waals surface area contributed by atoms with Crippen molar-refractivity contribution in [3.05, 3.63) is 48.4 Å². The quantitative estimate of drug-likeness (QED) is 0.780. The zero-order chi connectivity index (χ0) is 15.5. The molecule has 0 aliphatic heterocycles. The first-order valence-corrected chi connectivity index (χ1v) is 6.68. The summed E-state index contributed by atoms with van der Waals surface area (Å²) in [6, 6.07) is 9.08. The highest BCUT2D eigenvalue weighted by Crippen LogP contribution is 2.15. The van der Waals surface area contributed by atoms with Crippen molar-refractivity contribution in [1.82, 2.24) is 30.2 Å². The number of aromatic nitrogens is 5. The Morgan fingerprint density at radius 1 is 1.32 bits per heavy atom. The summed E-state index contributed by atoms with van der Waals surface area (Å²) in [6.07, 6.45) is 1.22. The van der Waals surface area contributed by atoms with Gasteiger partial charge >= 0.3 is 0 Å². The lowest BCUT2D eigenvalue weighted by molar-refractivity contribution is 0.0923. The molecule has 2 heterocycles. The molecular formula is C14H14N6O2. The average Bonchev–Trinajstić information content (AvgIpc) is 3.17. The Kier molecular flexibility index (Phi) is 3.65. The number of amides is 1. The van der Waals surface area contributed by atoms with Crippen molar-refractivity contribution in [3.63, 3.8) is 0 Å². The molecule has 3 rings (SSSR count). The Balaban J connectivity index is 1.80. The lowest BCUT2D eigenvalue weighted by atomic mass is 10.2. The van der Waals surface area contributed by atoms with E-state index in [1.807, 2.05) is 30.3 Å². The van der Waals surface area contributed by atoms with Crippen LogP contribution in [0, 0.1) is 0 Å². The Hall–Kier alpha value is -3.03. The highest BCUT2D eigenvalue weighted by atomic mass is 16.5. The summed E-state index contributed by atoms with van der Waals surface area (Å²) in [4.78, 5) is 20.5. The van der Waals surface area contributed by atoms with Gasteiger partial charge in [0, 0.05) is 12.6 Å². The van der Waals surface area contributed by atoms with Crippen molar-refractivity contribution >= 4 is 5.91 Å². The van der Waals surface area contributed by atoms with E-state index in [0.717, 1.165) is 5.56 Å². The van der Waals surface area contributed by atoms with Crippen molar-refractivity contribution in [2.75, 3.05) is 0 Å². The van der Waals surface area contributed by atoms with E-state index < -0.39 is 0 Å². The summed E-state index contributed by atoms with van der Waals surface area (Å²) in [5, 5.41) is 10.7. The Morgan fingerprint density at radius 3 is 2.77 bits per heavy atom. The van der Waals surface area contributed by atoms with Gasteiger partial charge in [0.25, 0.3) is 5.91 Å². The van der Waals surface area contributed by atoms with E-state index in [-0.39, 0.29) is 17.8 Å². The third kappa shape index (κ3) is 2.71. The van der Waals surface area contributed by atoms with Crippen LogP contribution in [0.1, 0.15) is 29.4 Å². The van der Waals surface area contributed by atoms with Gasteiger partial charge in [-0.15, -0.1) is 0 Å². The predicted molar refractivity (Wildman–Crippen MR) is 76.6 cm³/mol. The lowest BCUT2D eigenvalue weighted by Crippen LogP contribution is -2.29. The molecule has 0 saturated carbocycles. The molecule has 0 unspecified atom stereocenters. The molecule has 0 aliphatic carbocycles. The third-order valence-corrected chi connectivity index (χ3v) is 3.11. The van der Waals surface area contributed by atoms with Crippen LogP contribution in [0.3, 0.4) is 0 Å². The highest BCUT2D eigenvalue weighted by molar-refractivity contribution is 5.91. The molecule has 1 aromatic carbocycles. The fraction of sp³-hybridized carbons (Fsp3) is 0.214. The fourth-order valence-electron chi connectivity index (χ4n) is 1.99. The van der Waals surface area contributed by atoms with Gasteiger partial charge in [-0.3, -0.25) is 4.79 Å². The molecule has 8 heteroatoms. The Bertz CT molecular complexity index is 766. The molecule has 0 aliphatic rings. The molecule has 3 aromatic rings. The van der Waals surface area contributed by atoms with Gasteiger partial charge in [0.1, 0.15) is 0 Å². The summed E-state index contributed by atoms with van der Waals surface area (Å²) in [5.74, 6) is 0.767. The summed E-state index contributed by atoms with van der Waals surface area (Å²) in [5.41, 5.74) is 0.850. The highest BCUT2D eigenvalue weighted by Gasteiger charge is 2.20. The molecule has 0 fully saturated rings. The summed E-state index contributed by atoms with van der Waals surface area (Å²) in [6.45, 7) is 1.76. The van der Waals surface area contributed by atoms with Crippen LogP contribution in [0.5, 0.6) is 0 Å². The van der Waals surface area contributed by atoms with Crippen LogP contribution in [-0.4, -0.2) is 30.8 Å². The van der Waals surface area contributed by atoms with Crippen LogP contribution in [0.2, 0.25) is 0 Å². The van der Waals surface area contributed by atoms with Crippen molar-refractivity contribution in [3.8, 4) is 11.4 Å². The number of rotatable bonds is 4. The molecule has 1 atom stereocenters. The number of nitrogens with zero attached hydrogens (tertiary/aromatic N) is 5. The number of carbonyl (C=O) groups is 1. The monoisotopic (exact) mass is 298 g/mol. The van der Waals surface area contributed by atoms with Gasteiger partial charge in [-0.1, -0.05) is 35.5 Å². The topological polar surface area (TPSA) is 98.7 Å². The Labute approximate surface area is 126 Å². The molecule has 22 heavy (non-hydrogen) atoms. The fourth-order valence-corrected chi connectivity index (χ4v) is 1.99. The van der Waals surface area contributed by atoms with Crippen LogP contribution in [0.15, 0.2) is 41.2 Å². The minimum atomic E-state index is -0.386. The first-order valence-electron chi connectivity index (χ1n) is 6.68. The van der Waals surface area contributed by atoms with Gasteiger partial charge in [0.15, 0.2) is 11.6 Å². The van der Waals surface area contributed by atoms with Crippen LogP contribution < -0.4 is 5.32 Å². The standard InChI is InChI=1S/C14H14N6O2/c1-9(11-15-8-22-19-11)16-14(21)13-17-12(18-20(13)2)10-6-4-3-5-7-10/h3-9H,1-2H3,(H,16,21)/t9-/m1/s1. The molecule has 1 N–H and O–H groups in total. The second-order valence-corrected chi connectivity index (χ2v) is 4.73. The molecular weight excluding hydrogens is 284 g/mol. The zero-order valence-corrected chi connectivity index (χ0v) is 12.1. The summed E-state index contributed by atoms with van der Waals surface area (Å²) in [7, 11) is 1.67. The number of hydrogen-bond acceptors (Lipinski definition) is 6. The molecule has 2 aromatic heterocycles. The van der Waals surface area contributed by atoms with Crippen LogP contribution >= 0.6 is 0 Å². The molecule has 0 saturated heterocycles. The van der Waals surface area contributed by atoms with E-state index in [4.69, 9.17) is 0 Å². The first-order chi connectivity index (χ1) is 10.6. The van der Waals surface area contributed by atoms with Crippen molar-refractivity contribution in [1.29, 1.82) is 0 Å². The molecule has 8 nitrogen and oxygen atoms in total. The molecule has 112 valence electrons. The van der Waals surface area contributed by atoms with E-state index in [1.54, 1.807) is 14.0 Å². The van der Waals surface area contributed by atoms with Gasteiger partial charge in [-0.2, -0.15) is 10.1 Å². The van der Waals surface area contributed by atoms with Gasteiger partial charge in [-0.05, 0) is 6.92 Å². The van der Waals surface area contributed by atoms with Crippen LogP contribution in [-0.2, 0) is 7.05 Å². The minimum absolute atomic E-state index is 0.217. The van der Waals surface area contributed by atoms with E-state index in [9.17, 15) is 4.79 Å². The van der Waals surface area contributed by atoms with Crippen molar-refractivity contribution in [2.45, 2.75) is 13.0 Å². The maximum atomic E-state index is 12.3. The smallest absolute Gasteiger partial charge is 0.289 e. The van der Waals surface area contributed by atoms with Crippen molar-refractivity contribution in [2.24, 2.45) is 7.05 Å². The summed E-state index contributed by atoms with van der Waals surface area (Å²) < 4.78 is 6.11. The summed E-state index contributed by atoms with van der Waals surface area (Å²) >= 11 is 0. The third-order valence-electron chi connectivity index (χ3n) is 3.11. The molecule has 0 radical (unpaired) electrons. The molecule has 0 bridgehead atoms. The van der Waals surface area contributed by atoms with E-state index in [1.165, 1.54) is 11.1 Å². The Morgan fingerprint density at radius 2 is 2.09 bits per heavy atom. The van der Waals surface area contributed by atoms with Gasteiger partial charge < -0.3 is 9.84 Å². The molecule has 1 amide bonds. The number of nitrogens with one attached hydrogen (secondary N) is 1. The van der Waals surface area contributed by atoms with E-state index >= 15 is 0 Å². The maximum absolute atomic E-state index is 12.3. The number of benzene rings is 1. The molecule has 0 spiro atoms. The minimum Gasteiger partial charge on any atom is -0.343 e. The zero-order valence-electron chi connectivity index (χ0n) is 12.1. The van der Waals surface area contributed by atoms with Crippen LogP contribution in [0.25, 0.3) is 11.4 Å². The maximum Gasteiger partial charge on any atom is 0.289 e. The first kappa shape index (κ1) is 13.9. The normalized spacial score (nSPS) is 12.1. The second kappa shape index (κ2) is 5.76. The van der Waals surface area contributed by atoms with Crippen LogP contribution in [0.4, 0.5) is 0 Å². The van der Waals surface area contributed by atoms with Gasteiger partial charge in [-0.25, -0.2) is 9.67 Å². The van der Waals surface area contributed by atoms with Gasteiger partial charge in [0.05, 0.1) is 6.04 Å². The van der Waals surface area contributed by atoms with Crippen molar-refractivity contribution < 1.29 is 9.32 Å². The van der Waals surface area contributed by atoms with Gasteiger partial charge in [0.2, 0.25) is 12.2 Å².